The van der Waals surface area contributed by atoms with Gasteiger partial charge < -0.3 is 5.32 Å². The van der Waals surface area contributed by atoms with Crippen molar-refractivity contribution in [3.63, 3.8) is 0 Å². The van der Waals surface area contributed by atoms with Crippen molar-refractivity contribution in [2.45, 2.75) is 34.6 Å². The van der Waals surface area contributed by atoms with E-state index in [2.05, 4.69) is 16.9 Å². The lowest BCUT2D eigenvalue weighted by molar-refractivity contribution is 0.101. The molecule has 0 spiro atoms. The summed E-state index contributed by atoms with van der Waals surface area (Å²) in [6.07, 6.45) is 2.01. The summed E-state index contributed by atoms with van der Waals surface area (Å²) >= 11 is 0. The monoisotopic (exact) mass is 270 g/mol. The molecule has 1 N–H and O–H groups in total. The van der Waals surface area contributed by atoms with Crippen LogP contribution in [-0.4, -0.2) is 11.5 Å². The van der Waals surface area contributed by atoms with Gasteiger partial charge in [-0.25, -0.2) is 4.99 Å². The smallest absolute Gasteiger partial charge is 0.159 e. The number of nitrogens with one attached hydrogen (secondary N) is 1. The number of Topliss-reactive ketones (excluding diaryl/α,β-unsaturated/α-hetero) is 1. The summed E-state index contributed by atoms with van der Waals surface area (Å²) in [4.78, 5) is 15.8. The molecule has 0 unspecified atom stereocenters. The Bertz CT molecular complexity index is 595. The normalized spacial score (nSPS) is 12.2. The van der Waals surface area contributed by atoms with Crippen molar-refractivity contribution in [1.82, 2.24) is 0 Å². The van der Waals surface area contributed by atoms with Crippen molar-refractivity contribution in [3.05, 3.63) is 53.4 Å². The van der Waals surface area contributed by atoms with Crippen LogP contribution in [0.25, 0.3) is 0 Å². The highest BCUT2D eigenvalue weighted by Gasteiger charge is 2.05. The fourth-order valence-electron chi connectivity index (χ4n) is 1.66. The molecule has 0 bridgehead atoms. The highest BCUT2D eigenvalue weighted by atomic mass is 16.1. The molecule has 106 valence electrons. The molecule has 3 nitrogen and oxygen atoms in total. The highest BCUT2D eigenvalue weighted by Crippen LogP contribution is 2.19. The second-order valence-corrected chi connectivity index (χ2v) is 4.83. The quantitative estimate of drug-likeness (QED) is 0.632. The summed E-state index contributed by atoms with van der Waals surface area (Å²) in [6, 6.07) is 5.57. The van der Waals surface area contributed by atoms with Gasteiger partial charge in [-0.05, 0) is 51.8 Å². The summed E-state index contributed by atoms with van der Waals surface area (Å²) in [6.45, 7) is 13.4. The molecule has 0 aliphatic heterocycles. The molecule has 0 aromatic heterocycles. The van der Waals surface area contributed by atoms with Gasteiger partial charge in [-0.2, -0.15) is 0 Å². The number of nitrogens with zero attached hydrogens (tertiary/aromatic N) is 1. The molecule has 1 aromatic rings. The third-order valence-corrected chi connectivity index (χ3v) is 3.23. The molecule has 0 aliphatic carbocycles. The van der Waals surface area contributed by atoms with E-state index in [9.17, 15) is 4.79 Å². The molecule has 20 heavy (non-hydrogen) atoms. The number of hydrogen-bond donors (Lipinski definition) is 1. The minimum atomic E-state index is 0.0445. The molecule has 0 amide bonds. The lowest BCUT2D eigenvalue weighted by atomic mass is 10.1. The number of carbonyl (C=O) groups is 1. The van der Waals surface area contributed by atoms with Crippen molar-refractivity contribution in [2.24, 2.45) is 4.99 Å². The second-order valence-electron chi connectivity index (χ2n) is 4.83. The number of aryl methyl sites for hydroxylation is 1. The maximum absolute atomic E-state index is 11.4. The first kappa shape index (κ1) is 15.9. The van der Waals surface area contributed by atoms with Crippen LogP contribution in [0.15, 0.2) is 47.2 Å². The average Bonchev–Trinajstić information content (AvgIpc) is 2.39. The van der Waals surface area contributed by atoms with Crippen LogP contribution in [0.5, 0.6) is 0 Å². The highest BCUT2D eigenvalue weighted by molar-refractivity contribution is 5.98. The van der Waals surface area contributed by atoms with Gasteiger partial charge in [0, 0.05) is 17.0 Å². The minimum absolute atomic E-state index is 0.0445. The van der Waals surface area contributed by atoms with Gasteiger partial charge in [-0.3, -0.25) is 4.79 Å². The summed E-state index contributed by atoms with van der Waals surface area (Å²) in [5.74, 6) is 0.607. The molecule has 0 radical (unpaired) electrons. The molecule has 0 saturated carbocycles. The van der Waals surface area contributed by atoms with Gasteiger partial charge in [0.15, 0.2) is 5.78 Å². The van der Waals surface area contributed by atoms with E-state index in [0.29, 0.717) is 11.4 Å². The SMILES string of the molecule is C=C(/N=C(C)\C(C)=C/C)Nc1cc(C(C)=O)ccc1C. The zero-order valence-electron chi connectivity index (χ0n) is 12.9. The van der Waals surface area contributed by atoms with Gasteiger partial charge >= 0.3 is 0 Å². The predicted octanol–water partition coefficient (Wildman–Crippen LogP) is 4.51. The van der Waals surface area contributed by atoms with Crippen molar-refractivity contribution in [1.29, 1.82) is 0 Å². The molecule has 1 rings (SSSR count). The van der Waals surface area contributed by atoms with Gasteiger partial charge in [0.1, 0.15) is 5.82 Å². The van der Waals surface area contributed by atoms with E-state index in [1.54, 1.807) is 6.92 Å². The zero-order valence-corrected chi connectivity index (χ0v) is 12.9. The fourth-order valence-corrected chi connectivity index (χ4v) is 1.66. The molecule has 0 fully saturated rings. The Morgan fingerprint density at radius 1 is 1.30 bits per heavy atom. The summed E-state index contributed by atoms with van der Waals surface area (Å²) in [7, 11) is 0. The molecule has 0 saturated heterocycles. The standard InChI is InChI=1S/C17H22N2O/c1-7-11(2)13(4)18-15(6)19-17-10-16(14(5)20)9-8-12(17)3/h7-10,19H,6H2,1-5H3/b11-7-,18-13-. The van der Waals surface area contributed by atoms with E-state index in [1.165, 1.54) is 0 Å². The minimum Gasteiger partial charge on any atom is -0.340 e. The number of carbonyl (C=O) groups excluding carboxylic acids is 1. The summed E-state index contributed by atoms with van der Waals surface area (Å²) in [5, 5.41) is 3.15. The van der Waals surface area contributed by atoms with Gasteiger partial charge in [0.25, 0.3) is 0 Å². The largest absolute Gasteiger partial charge is 0.340 e. The van der Waals surface area contributed by atoms with E-state index in [0.717, 1.165) is 22.5 Å². The first-order valence-electron chi connectivity index (χ1n) is 6.61. The molecule has 3 heteroatoms. The first-order chi connectivity index (χ1) is 9.35. The van der Waals surface area contributed by atoms with Gasteiger partial charge in [0.2, 0.25) is 0 Å². The van der Waals surface area contributed by atoms with Crippen molar-refractivity contribution in [2.75, 3.05) is 5.32 Å². The van der Waals surface area contributed by atoms with Gasteiger partial charge in [-0.15, -0.1) is 0 Å². The van der Waals surface area contributed by atoms with Crippen LogP contribution in [0, 0.1) is 6.92 Å². The first-order valence-corrected chi connectivity index (χ1v) is 6.61. The maximum atomic E-state index is 11.4. The molecular formula is C17H22N2O. The van der Waals surface area contributed by atoms with Crippen LogP contribution in [0.2, 0.25) is 0 Å². The Kier molecular flexibility index (Phi) is 5.44. The number of hydrogen-bond acceptors (Lipinski definition) is 3. The van der Waals surface area contributed by atoms with Crippen LogP contribution < -0.4 is 5.32 Å². The van der Waals surface area contributed by atoms with E-state index >= 15 is 0 Å². The number of aliphatic imine (C=N–C) groups is 1. The Morgan fingerprint density at radius 3 is 2.50 bits per heavy atom. The van der Waals surface area contributed by atoms with E-state index in [1.807, 2.05) is 52.0 Å². The van der Waals surface area contributed by atoms with Crippen molar-refractivity contribution in [3.8, 4) is 0 Å². The Morgan fingerprint density at radius 2 is 1.95 bits per heavy atom. The second kappa shape index (κ2) is 6.85. The van der Waals surface area contributed by atoms with Crippen LogP contribution in [0.4, 0.5) is 5.69 Å². The van der Waals surface area contributed by atoms with Crippen LogP contribution in [0.1, 0.15) is 43.6 Å². The summed E-state index contributed by atoms with van der Waals surface area (Å²) < 4.78 is 0. The Hall–Kier alpha value is -2.16. The predicted molar refractivity (Wildman–Crippen MR) is 86.5 cm³/mol. The molecule has 0 heterocycles. The fraction of sp³-hybridized carbons (Fsp3) is 0.294. The Balaban J connectivity index is 2.96. The Labute approximate surface area is 121 Å². The van der Waals surface area contributed by atoms with Gasteiger partial charge in [-0.1, -0.05) is 24.8 Å². The molecule has 0 atom stereocenters. The van der Waals surface area contributed by atoms with E-state index in [4.69, 9.17) is 0 Å². The van der Waals surface area contributed by atoms with Crippen LogP contribution in [-0.2, 0) is 0 Å². The lowest BCUT2D eigenvalue weighted by Gasteiger charge is -2.11. The van der Waals surface area contributed by atoms with E-state index in [-0.39, 0.29) is 5.78 Å². The maximum Gasteiger partial charge on any atom is 0.159 e. The molecule has 1 aromatic carbocycles. The zero-order chi connectivity index (χ0) is 15.3. The average molecular weight is 270 g/mol. The molecular weight excluding hydrogens is 248 g/mol. The number of benzene rings is 1. The molecule has 0 aliphatic rings. The van der Waals surface area contributed by atoms with Crippen LogP contribution >= 0.6 is 0 Å². The van der Waals surface area contributed by atoms with Gasteiger partial charge in [0.05, 0.1) is 0 Å². The van der Waals surface area contributed by atoms with Crippen molar-refractivity contribution < 1.29 is 4.79 Å². The third-order valence-electron chi connectivity index (χ3n) is 3.23. The number of rotatable bonds is 5. The number of allylic oxidation sites excluding steroid dienone is 2. The van der Waals surface area contributed by atoms with Crippen LogP contribution in [0.3, 0.4) is 0 Å². The summed E-state index contributed by atoms with van der Waals surface area (Å²) in [5.41, 5.74) is 4.62. The third kappa shape index (κ3) is 4.19. The number of anilines is 1. The van der Waals surface area contributed by atoms with E-state index < -0.39 is 0 Å². The lowest BCUT2D eigenvalue weighted by Crippen LogP contribution is -2.03. The number of ketones is 1. The topological polar surface area (TPSA) is 41.5 Å². The van der Waals surface area contributed by atoms with Crippen molar-refractivity contribution >= 4 is 17.2 Å².